The Morgan fingerprint density at radius 3 is 2.52 bits per heavy atom. The summed E-state index contributed by atoms with van der Waals surface area (Å²) in [5.41, 5.74) is 2.22. The summed E-state index contributed by atoms with van der Waals surface area (Å²) in [5, 5.41) is 11.5. The minimum atomic E-state index is -0.162. The first-order valence-corrected chi connectivity index (χ1v) is 7.03. The average Bonchev–Trinajstić information content (AvgIpc) is 3.08. The zero-order chi connectivity index (χ0) is 14.8. The number of aromatic amines is 2. The van der Waals surface area contributed by atoms with Crippen molar-refractivity contribution < 1.29 is 4.79 Å². The molecule has 2 unspecified atom stereocenters. The number of rotatable bonds is 3. The van der Waals surface area contributed by atoms with Crippen molar-refractivity contribution in [2.24, 2.45) is 11.8 Å². The van der Waals surface area contributed by atoms with E-state index in [-0.39, 0.29) is 17.4 Å². The van der Waals surface area contributed by atoms with Crippen LogP contribution in [-0.4, -0.2) is 29.2 Å². The molecule has 1 fully saturated rings. The molecule has 0 spiro atoms. The maximum absolute atomic E-state index is 12.2. The Morgan fingerprint density at radius 2 is 1.95 bits per heavy atom. The Labute approximate surface area is 121 Å². The molecule has 1 aromatic carbocycles. The van der Waals surface area contributed by atoms with Gasteiger partial charge in [0.1, 0.15) is 0 Å². The molecule has 0 aliphatic carbocycles. The lowest BCUT2D eigenvalue weighted by Crippen LogP contribution is -2.27. The van der Waals surface area contributed by atoms with Crippen LogP contribution in [0.5, 0.6) is 0 Å². The molecule has 110 valence electrons. The number of H-pyrrole nitrogens is 2. The van der Waals surface area contributed by atoms with Gasteiger partial charge in [0.2, 0.25) is 5.91 Å². The summed E-state index contributed by atoms with van der Waals surface area (Å²) in [7, 11) is 0. The van der Waals surface area contributed by atoms with Gasteiger partial charge in [0.25, 0.3) is 5.56 Å². The van der Waals surface area contributed by atoms with Gasteiger partial charge in [0.15, 0.2) is 0 Å². The normalized spacial score (nSPS) is 21.4. The highest BCUT2D eigenvalue weighted by Gasteiger charge is 2.29. The molecular weight excluding hydrogens is 268 g/mol. The number of hydrogen-bond acceptors (Lipinski definition) is 3. The number of amides is 1. The molecule has 0 radical (unpaired) electrons. The minimum absolute atomic E-state index is 0.0192. The van der Waals surface area contributed by atoms with E-state index in [2.05, 4.69) is 27.8 Å². The molecule has 1 aliphatic rings. The molecule has 1 amide bonds. The summed E-state index contributed by atoms with van der Waals surface area (Å²) >= 11 is 0. The van der Waals surface area contributed by atoms with Gasteiger partial charge in [-0.05, 0) is 30.2 Å². The number of aromatic nitrogens is 2. The fraction of sp³-hybridized carbons (Fsp3) is 0.333. The Hall–Kier alpha value is -2.34. The van der Waals surface area contributed by atoms with Gasteiger partial charge in [-0.2, -0.15) is 0 Å². The van der Waals surface area contributed by atoms with Crippen molar-refractivity contribution in [2.75, 3.05) is 18.4 Å². The zero-order valence-corrected chi connectivity index (χ0v) is 11.8. The van der Waals surface area contributed by atoms with E-state index in [1.807, 2.05) is 24.3 Å². The maximum atomic E-state index is 12.2. The second-order valence-corrected chi connectivity index (χ2v) is 5.48. The van der Waals surface area contributed by atoms with E-state index in [0.717, 1.165) is 30.0 Å². The van der Waals surface area contributed by atoms with Crippen molar-refractivity contribution >= 4 is 11.6 Å². The van der Waals surface area contributed by atoms with E-state index in [9.17, 15) is 9.59 Å². The molecule has 3 rings (SSSR count). The number of carbonyl (C=O) groups excluding carboxylic acids is 1. The predicted octanol–water partition coefficient (Wildman–Crippen LogP) is 1.16. The third-order valence-corrected chi connectivity index (χ3v) is 3.91. The molecule has 21 heavy (non-hydrogen) atoms. The fourth-order valence-electron chi connectivity index (χ4n) is 2.62. The monoisotopic (exact) mass is 286 g/mol. The van der Waals surface area contributed by atoms with Crippen LogP contribution in [0.1, 0.15) is 6.92 Å². The molecule has 1 saturated heterocycles. The van der Waals surface area contributed by atoms with Gasteiger partial charge in [-0.3, -0.25) is 19.8 Å². The van der Waals surface area contributed by atoms with E-state index in [1.54, 1.807) is 0 Å². The van der Waals surface area contributed by atoms with Crippen molar-refractivity contribution in [3.63, 3.8) is 0 Å². The van der Waals surface area contributed by atoms with Crippen molar-refractivity contribution in [3.8, 4) is 11.3 Å². The third kappa shape index (κ3) is 2.90. The first kappa shape index (κ1) is 13.6. The van der Waals surface area contributed by atoms with Gasteiger partial charge in [0.05, 0.1) is 11.6 Å². The largest absolute Gasteiger partial charge is 0.326 e. The lowest BCUT2D eigenvalue weighted by molar-refractivity contribution is -0.120. The van der Waals surface area contributed by atoms with E-state index in [1.165, 1.54) is 6.07 Å². The van der Waals surface area contributed by atoms with E-state index >= 15 is 0 Å². The van der Waals surface area contributed by atoms with Crippen LogP contribution in [-0.2, 0) is 4.79 Å². The molecule has 6 heteroatoms. The standard InChI is InChI=1S/C15H18N4O2/c1-9-7-16-8-12(9)15(21)17-11-4-2-10(3-5-11)13-6-14(20)19-18-13/h2-6,9,12,16H,7-8H2,1H3,(H,17,21)(H2,18,19,20). The Kier molecular flexibility index (Phi) is 3.62. The second kappa shape index (κ2) is 5.57. The summed E-state index contributed by atoms with van der Waals surface area (Å²) in [6, 6.07) is 8.91. The van der Waals surface area contributed by atoms with Crippen molar-refractivity contribution in [2.45, 2.75) is 6.92 Å². The van der Waals surface area contributed by atoms with Crippen LogP contribution >= 0.6 is 0 Å². The number of benzene rings is 1. The van der Waals surface area contributed by atoms with Crippen LogP contribution in [0.25, 0.3) is 11.3 Å². The highest BCUT2D eigenvalue weighted by atomic mass is 16.2. The summed E-state index contributed by atoms with van der Waals surface area (Å²) < 4.78 is 0. The Balaban J connectivity index is 1.70. The molecular formula is C15H18N4O2. The van der Waals surface area contributed by atoms with Crippen LogP contribution in [0.3, 0.4) is 0 Å². The van der Waals surface area contributed by atoms with Crippen LogP contribution in [0, 0.1) is 11.8 Å². The maximum Gasteiger partial charge on any atom is 0.264 e. The molecule has 4 N–H and O–H groups in total. The summed E-state index contributed by atoms with van der Waals surface area (Å²) in [6.45, 7) is 3.70. The van der Waals surface area contributed by atoms with Gasteiger partial charge >= 0.3 is 0 Å². The first-order chi connectivity index (χ1) is 10.1. The molecule has 1 aromatic heterocycles. The van der Waals surface area contributed by atoms with Gasteiger partial charge in [-0.15, -0.1) is 0 Å². The summed E-state index contributed by atoms with van der Waals surface area (Å²) in [5.74, 6) is 0.426. The second-order valence-electron chi connectivity index (χ2n) is 5.48. The number of hydrogen-bond donors (Lipinski definition) is 4. The Bertz CT molecular complexity index is 686. The highest BCUT2D eigenvalue weighted by molar-refractivity contribution is 5.93. The van der Waals surface area contributed by atoms with E-state index < -0.39 is 0 Å². The molecule has 2 atom stereocenters. The SMILES string of the molecule is CC1CNCC1C(=O)Nc1ccc(-c2cc(=O)[nH][nH]2)cc1. The topological polar surface area (TPSA) is 89.8 Å². The molecule has 2 heterocycles. The smallest absolute Gasteiger partial charge is 0.264 e. The predicted molar refractivity (Wildman–Crippen MR) is 81.0 cm³/mol. The minimum Gasteiger partial charge on any atom is -0.326 e. The number of anilines is 1. The van der Waals surface area contributed by atoms with Crippen LogP contribution < -0.4 is 16.2 Å². The lowest BCUT2D eigenvalue weighted by atomic mass is 9.97. The van der Waals surface area contributed by atoms with Crippen molar-refractivity contribution in [3.05, 3.63) is 40.7 Å². The van der Waals surface area contributed by atoms with Crippen LogP contribution in [0.15, 0.2) is 35.1 Å². The number of carbonyl (C=O) groups is 1. The molecule has 0 saturated carbocycles. The van der Waals surface area contributed by atoms with Gasteiger partial charge in [-0.25, -0.2) is 0 Å². The van der Waals surface area contributed by atoms with Crippen LogP contribution in [0.4, 0.5) is 5.69 Å². The lowest BCUT2D eigenvalue weighted by Gasteiger charge is -2.14. The quantitative estimate of drug-likeness (QED) is 0.682. The van der Waals surface area contributed by atoms with Gasteiger partial charge in [0, 0.05) is 18.3 Å². The molecule has 2 aromatic rings. The molecule has 1 aliphatic heterocycles. The average molecular weight is 286 g/mol. The van der Waals surface area contributed by atoms with E-state index in [0.29, 0.717) is 5.92 Å². The summed E-state index contributed by atoms with van der Waals surface area (Å²) in [4.78, 5) is 23.3. The molecule has 0 bridgehead atoms. The zero-order valence-electron chi connectivity index (χ0n) is 11.8. The van der Waals surface area contributed by atoms with Crippen LogP contribution in [0.2, 0.25) is 0 Å². The third-order valence-electron chi connectivity index (χ3n) is 3.91. The Morgan fingerprint density at radius 1 is 1.19 bits per heavy atom. The van der Waals surface area contributed by atoms with Crippen molar-refractivity contribution in [1.82, 2.24) is 15.5 Å². The molecule has 6 nitrogen and oxygen atoms in total. The number of nitrogens with one attached hydrogen (secondary N) is 4. The van der Waals surface area contributed by atoms with Crippen molar-refractivity contribution in [1.29, 1.82) is 0 Å². The fourth-order valence-corrected chi connectivity index (χ4v) is 2.62. The summed E-state index contributed by atoms with van der Waals surface area (Å²) in [6.07, 6.45) is 0. The highest BCUT2D eigenvalue weighted by Crippen LogP contribution is 2.21. The van der Waals surface area contributed by atoms with Gasteiger partial charge < -0.3 is 10.6 Å². The van der Waals surface area contributed by atoms with Gasteiger partial charge in [-0.1, -0.05) is 19.1 Å². The van der Waals surface area contributed by atoms with E-state index in [4.69, 9.17) is 0 Å². The first-order valence-electron chi connectivity index (χ1n) is 7.03.